The number of carbonyl (C=O) groups excluding carboxylic acids is 1. The van der Waals surface area contributed by atoms with E-state index in [1.54, 1.807) is 0 Å². The molecule has 0 heterocycles. The third-order valence-electron chi connectivity index (χ3n) is 1.09. The fourth-order valence-electron chi connectivity index (χ4n) is 0.566. The number of unbranched alkanes of at least 4 members (excludes halogenated alkanes) is 2. The molecule has 0 spiro atoms. The van der Waals surface area contributed by atoms with Crippen molar-refractivity contribution in [1.82, 2.24) is 3.93 Å². The molecular weight excluding hydrogens is 182 g/mol. The maximum atomic E-state index is 9.98. The minimum absolute atomic E-state index is 0.787. The maximum Gasteiger partial charge on any atom is 0.219 e. The quantitative estimate of drug-likeness (QED) is 0.372. The van der Waals surface area contributed by atoms with E-state index >= 15 is 0 Å². The Morgan fingerprint density at radius 3 is 2.67 bits per heavy atom. The zero-order valence-corrected chi connectivity index (χ0v) is 7.23. The molecule has 0 rings (SSSR count). The molecule has 0 aliphatic heterocycles. The van der Waals surface area contributed by atoms with Crippen LogP contribution in [0.4, 0.5) is 0 Å². The molecule has 0 atom stereocenters. The van der Waals surface area contributed by atoms with Crippen LogP contribution >= 0.6 is 16.1 Å². The Kier molecular flexibility index (Phi) is 6.04. The van der Waals surface area contributed by atoms with Gasteiger partial charge in [-0.05, 0) is 6.42 Å². The van der Waals surface area contributed by atoms with Gasteiger partial charge in [0, 0.05) is 6.54 Å². The van der Waals surface area contributed by atoms with Crippen LogP contribution < -0.4 is 0 Å². The van der Waals surface area contributed by atoms with E-state index in [9.17, 15) is 4.79 Å². The average molecular weight is 194 g/mol. The van der Waals surface area contributed by atoms with E-state index in [1.165, 1.54) is 16.8 Å². The lowest BCUT2D eigenvalue weighted by atomic mass is 10.2. The molecular formula is C6H12BrNO. The van der Waals surface area contributed by atoms with Crippen LogP contribution in [0, 0.1) is 0 Å². The predicted molar refractivity (Wildman–Crippen MR) is 41.2 cm³/mol. The van der Waals surface area contributed by atoms with E-state index in [1.807, 2.05) is 0 Å². The molecule has 0 aromatic rings. The zero-order valence-electron chi connectivity index (χ0n) is 5.64. The highest BCUT2D eigenvalue weighted by atomic mass is 79.9. The van der Waals surface area contributed by atoms with Gasteiger partial charge in [-0.1, -0.05) is 19.8 Å². The molecule has 3 heteroatoms. The van der Waals surface area contributed by atoms with E-state index in [-0.39, 0.29) is 0 Å². The number of hydrogen-bond donors (Lipinski definition) is 0. The lowest BCUT2D eigenvalue weighted by Crippen LogP contribution is -2.09. The van der Waals surface area contributed by atoms with Crippen molar-refractivity contribution in [1.29, 1.82) is 0 Å². The molecule has 0 aromatic heterocycles. The molecule has 2 nitrogen and oxygen atoms in total. The minimum atomic E-state index is 0.787. The van der Waals surface area contributed by atoms with Crippen molar-refractivity contribution in [2.24, 2.45) is 0 Å². The highest BCUT2D eigenvalue weighted by Crippen LogP contribution is 1.99. The van der Waals surface area contributed by atoms with Gasteiger partial charge in [0.2, 0.25) is 6.41 Å². The van der Waals surface area contributed by atoms with Gasteiger partial charge in [-0.3, -0.25) is 8.72 Å². The van der Waals surface area contributed by atoms with E-state index in [4.69, 9.17) is 0 Å². The summed E-state index contributed by atoms with van der Waals surface area (Å²) in [5, 5.41) is 0. The van der Waals surface area contributed by atoms with Crippen LogP contribution in [0.1, 0.15) is 26.2 Å². The Labute approximate surface area is 64.6 Å². The first-order chi connectivity index (χ1) is 4.31. The highest BCUT2D eigenvalue weighted by Gasteiger charge is 1.92. The Hall–Kier alpha value is -0.0500. The summed E-state index contributed by atoms with van der Waals surface area (Å²) in [4.78, 5) is 9.98. The maximum absolute atomic E-state index is 9.98. The number of nitrogens with zero attached hydrogens (tertiary/aromatic N) is 1. The summed E-state index contributed by atoms with van der Waals surface area (Å²) in [6.07, 6.45) is 4.26. The molecule has 0 saturated heterocycles. The summed E-state index contributed by atoms with van der Waals surface area (Å²) < 4.78 is 1.49. The second-order valence-electron chi connectivity index (χ2n) is 1.94. The van der Waals surface area contributed by atoms with Crippen molar-refractivity contribution in [3.05, 3.63) is 0 Å². The Balaban J connectivity index is 2.96. The fourth-order valence-corrected chi connectivity index (χ4v) is 0.816. The van der Waals surface area contributed by atoms with E-state index < -0.39 is 0 Å². The largest absolute Gasteiger partial charge is 0.282 e. The van der Waals surface area contributed by atoms with Gasteiger partial charge in [-0.15, -0.1) is 0 Å². The molecule has 0 fully saturated rings. The second-order valence-corrected chi connectivity index (χ2v) is 2.85. The molecule has 9 heavy (non-hydrogen) atoms. The first-order valence-electron chi connectivity index (χ1n) is 3.19. The van der Waals surface area contributed by atoms with Crippen LogP contribution in [-0.4, -0.2) is 16.9 Å². The lowest BCUT2D eigenvalue weighted by Gasteiger charge is -2.04. The minimum Gasteiger partial charge on any atom is -0.282 e. The van der Waals surface area contributed by atoms with Gasteiger partial charge in [0.15, 0.2) is 0 Å². The van der Waals surface area contributed by atoms with Gasteiger partial charge in [0.25, 0.3) is 0 Å². The van der Waals surface area contributed by atoms with Gasteiger partial charge in [0.1, 0.15) is 0 Å². The van der Waals surface area contributed by atoms with Gasteiger partial charge in [0.05, 0.1) is 16.1 Å². The number of hydrogen-bond acceptors (Lipinski definition) is 1. The molecule has 0 unspecified atom stereocenters. The van der Waals surface area contributed by atoms with Gasteiger partial charge >= 0.3 is 0 Å². The summed E-state index contributed by atoms with van der Waals surface area (Å²) in [6, 6.07) is 0. The van der Waals surface area contributed by atoms with Crippen LogP contribution in [0.15, 0.2) is 0 Å². The van der Waals surface area contributed by atoms with Crippen molar-refractivity contribution in [2.45, 2.75) is 26.2 Å². The van der Waals surface area contributed by atoms with E-state index in [0.717, 1.165) is 19.4 Å². The van der Waals surface area contributed by atoms with Gasteiger partial charge in [-0.2, -0.15) is 0 Å². The molecule has 0 aliphatic rings. The SMILES string of the molecule is CCCCCN(Br)C=O. The summed E-state index contributed by atoms with van der Waals surface area (Å²) in [7, 11) is 0. The Bertz CT molecular complexity index is 77.5. The lowest BCUT2D eigenvalue weighted by molar-refractivity contribution is -0.113. The molecule has 0 aromatic carbocycles. The monoisotopic (exact) mass is 193 g/mol. The summed E-state index contributed by atoms with van der Waals surface area (Å²) in [5.74, 6) is 0. The van der Waals surface area contributed by atoms with Crippen LogP contribution in [0.2, 0.25) is 0 Å². The second kappa shape index (κ2) is 6.08. The Morgan fingerprint density at radius 1 is 1.56 bits per heavy atom. The van der Waals surface area contributed by atoms with Crippen LogP contribution in [0.25, 0.3) is 0 Å². The molecule has 0 N–H and O–H groups in total. The molecule has 54 valence electrons. The topological polar surface area (TPSA) is 20.3 Å². The van der Waals surface area contributed by atoms with Gasteiger partial charge in [-0.25, -0.2) is 0 Å². The van der Waals surface area contributed by atoms with Crippen molar-refractivity contribution < 1.29 is 4.79 Å². The van der Waals surface area contributed by atoms with Crippen molar-refractivity contribution in [3.8, 4) is 0 Å². The standard InChI is InChI=1S/C6H12BrNO/c1-2-3-4-5-8(7)6-9/h6H,2-5H2,1H3. The molecule has 0 aliphatic carbocycles. The number of halogens is 1. The first-order valence-corrected chi connectivity index (χ1v) is 3.90. The zero-order chi connectivity index (χ0) is 7.11. The number of rotatable bonds is 5. The fraction of sp³-hybridized carbons (Fsp3) is 0.833. The van der Waals surface area contributed by atoms with Crippen LogP contribution in [0.3, 0.4) is 0 Å². The Morgan fingerprint density at radius 2 is 2.22 bits per heavy atom. The van der Waals surface area contributed by atoms with Crippen molar-refractivity contribution in [2.75, 3.05) is 6.54 Å². The predicted octanol–water partition coefficient (Wildman–Crippen LogP) is 1.94. The summed E-state index contributed by atoms with van der Waals surface area (Å²) in [6.45, 7) is 2.96. The van der Waals surface area contributed by atoms with Crippen molar-refractivity contribution >= 4 is 22.6 Å². The third kappa shape index (κ3) is 5.83. The molecule has 1 amide bonds. The van der Waals surface area contributed by atoms with Crippen LogP contribution in [-0.2, 0) is 4.79 Å². The first kappa shape index (κ1) is 8.95. The van der Waals surface area contributed by atoms with Crippen molar-refractivity contribution in [3.63, 3.8) is 0 Å². The van der Waals surface area contributed by atoms with E-state index in [2.05, 4.69) is 23.1 Å². The van der Waals surface area contributed by atoms with E-state index in [0.29, 0.717) is 0 Å². The molecule has 0 bridgehead atoms. The van der Waals surface area contributed by atoms with Crippen LogP contribution in [0.5, 0.6) is 0 Å². The van der Waals surface area contributed by atoms with Gasteiger partial charge < -0.3 is 0 Å². The molecule has 0 radical (unpaired) electrons. The number of amides is 1. The highest BCUT2D eigenvalue weighted by molar-refractivity contribution is 9.07. The smallest absolute Gasteiger partial charge is 0.219 e. The normalized spacial score (nSPS) is 9.11. The third-order valence-corrected chi connectivity index (χ3v) is 1.61. The average Bonchev–Trinajstić information content (AvgIpc) is 1.89. The molecule has 0 saturated carbocycles. The number of carbonyl (C=O) groups is 1. The summed E-state index contributed by atoms with van der Waals surface area (Å²) in [5.41, 5.74) is 0. The summed E-state index contributed by atoms with van der Waals surface area (Å²) >= 11 is 3.07.